The fourth-order valence-corrected chi connectivity index (χ4v) is 3.23. The largest absolute Gasteiger partial charge is 0.374 e. The van der Waals surface area contributed by atoms with Gasteiger partial charge in [-0.3, -0.25) is 0 Å². The SMILES string of the molecule is CCC(C#N)S(=O)(=O)N1CCOC(CN)C1. The molecule has 1 rings (SSSR count). The van der Waals surface area contributed by atoms with E-state index in [1.54, 1.807) is 6.92 Å². The Morgan fingerprint density at radius 1 is 1.69 bits per heavy atom. The van der Waals surface area contributed by atoms with Crippen LogP contribution in [-0.2, 0) is 14.8 Å². The van der Waals surface area contributed by atoms with Gasteiger partial charge in [-0.1, -0.05) is 6.92 Å². The molecular formula is C9H17N3O3S. The van der Waals surface area contributed by atoms with Crippen LogP contribution in [0.4, 0.5) is 0 Å². The number of nitrogens with two attached hydrogens (primary N) is 1. The van der Waals surface area contributed by atoms with E-state index < -0.39 is 15.3 Å². The first-order chi connectivity index (χ1) is 7.56. The van der Waals surface area contributed by atoms with E-state index >= 15 is 0 Å². The van der Waals surface area contributed by atoms with Crippen molar-refractivity contribution in [2.75, 3.05) is 26.2 Å². The number of nitriles is 1. The summed E-state index contributed by atoms with van der Waals surface area (Å²) >= 11 is 0. The monoisotopic (exact) mass is 247 g/mol. The van der Waals surface area contributed by atoms with E-state index in [1.807, 2.05) is 6.07 Å². The first-order valence-corrected chi connectivity index (χ1v) is 6.76. The number of nitrogens with zero attached hydrogens (tertiary/aromatic N) is 2. The third kappa shape index (κ3) is 2.71. The number of hydrogen-bond acceptors (Lipinski definition) is 5. The number of hydrogen-bond donors (Lipinski definition) is 1. The average Bonchev–Trinajstić information content (AvgIpc) is 2.30. The van der Waals surface area contributed by atoms with Crippen molar-refractivity contribution in [1.82, 2.24) is 4.31 Å². The molecule has 0 bridgehead atoms. The van der Waals surface area contributed by atoms with Crippen molar-refractivity contribution < 1.29 is 13.2 Å². The van der Waals surface area contributed by atoms with Crippen molar-refractivity contribution in [2.45, 2.75) is 24.7 Å². The summed E-state index contributed by atoms with van der Waals surface area (Å²) in [6, 6.07) is 1.82. The van der Waals surface area contributed by atoms with Gasteiger partial charge in [-0.25, -0.2) is 8.42 Å². The third-order valence-corrected chi connectivity index (χ3v) is 4.81. The highest BCUT2D eigenvalue weighted by Gasteiger charge is 2.34. The predicted molar refractivity (Wildman–Crippen MR) is 59.0 cm³/mol. The highest BCUT2D eigenvalue weighted by Crippen LogP contribution is 2.15. The lowest BCUT2D eigenvalue weighted by Gasteiger charge is -2.32. The maximum atomic E-state index is 12.0. The van der Waals surface area contributed by atoms with Gasteiger partial charge in [0.05, 0.1) is 18.8 Å². The van der Waals surface area contributed by atoms with Gasteiger partial charge in [-0.2, -0.15) is 9.57 Å². The summed E-state index contributed by atoms with van der Waals surface area (Å²) < 4.78 is 30.6. The zero-order valence-corrected chi connectivity index (χ0v) is 10.1. The Morgan fingerprint density at radius 3 is 2.88 bits per heavy atom. The molecule has 1 saturated heterocycles. The molecule has 0 radical (unpaired) electrons. The second kappa shape index (κ2) is 5.59. The molecule has 1 heterocycles. The van der Waals surface area contributed by atoms with E-state index in [4.69, 9.17) is 15.7 Å². The second-order valence-corrected chi connectivity index (χ2v) is 5.77. The predicted octanol–water partition coefficient (Wildman–Crippen LogP) is -0.722. The average molecular weight is 247 g/mol. The van der Waals surface area contributed by atoms with Gasteiger partial charge in [0.1, 0.15) is 0 Å². The van der Waals surface area contributed by atoms with Crippen molar-refractivity contribution in [3.63, 3.8) is 0 Å². The van der Waals surface area contributed by atoms with Crippen LogP contribution >= 0.6 is 0 Å². The van der Waals surface area contributed by atoms with Gasteiger partial charge < -0.3 is 10.5 Å². The Balaban J connectivity index is 2.80. The number of ether oxygens (including phenoxy) is 1. The highest BCUT2D eigenvalue weighted by atomic mass is 32.2. The topological polar surface area (TPSA) is 96.4 Å². The van der Waals surface area contributed by atoms with Crippen LogP contribution in [0, 0.1) is 11.3 Å². The van der Waals surface area contributed by atoms with Gasteiger partial charge in [0.15, 0.2) is 5.25 Å². The minimum absolute atomic E-state index is 0.247. The van der Waals surface area contributed by atoms with Gasteiger partial charge in [0, 0.05) is 19.6 Å². The lowest BCUT2D eigenvalue weighted by atomic mass is 10.3. The molecular weight excluding hydrogens is 230 g/mol. The van der Waals surface area contributed by atoms with Crippen molar-refractivity contribution in [3.8, 4) is 6.07 Å². The van der Waals surface area contributed by atoms with Crippen molar-refractivity contribution in [2.24, 2.45) is 5.73 Å². The van der Waals surface area contributed by atoms with Crippen LogP contribution in [0.5, 0.6) is 0 Å². The Kier molecular flexibility index (Phi) is 4.68. The highest BCUT2D eigenvalue weighted by molar-refractivity contribution is 7.90. The van der Waals surface area contributed by atoms with E-state index in [-0.39, 0.29) is 19.2 Å². The van der Waals surface area contributed by atoms with E-state index in [0.717, 1.165) is 0 Å². The normalized spacial score (nSPS) is 24.9. The summed E-state index contributed by atoms with van der Waals surface area (Å²) in [5.74, 6) is 0. The summed E-state index contributed by atoms with van der Waals surface area (Å²) in [6.45, 7) is 2.86. The first-order valence-electron chi connectivity index (χ1n) is 5.26. The molecule has 2 unspecified atom stereocenters. The number of morpholine rings is 1. The van der Waals surface area contributed by atoms with Crippen LogP contribution in [0.25, 0.3) is 0 Å². The molecule has 0 spiro atoms. The van der Waals surface area contributed by atoms with E-state index in [2.05, 4.69) is 0 Å². The Hall–Kier alpha value is -0.680. The summed E-state index contributed by atoms with van der Waals surface area (Å²) in [4.78, 5) is 0. The molecule has 1 aliphatic rings. The van der Waals surface area contributed by atoms with Crippen LogP contribution < -0.4 is 5.73 Å². The molecule has 92 valence electrons. The van der Waals surface area contributed by atoms with Crippen LogP contribution in [0.15, 0.2) is 0 Å². The lowest BCUT2D eigenvalue weighted by Crippen LogP contribution is -2.50. The maximum absolute atomic E-state index is 12.0. The molecule has 6 nitrogen and oxygen atoms in total. The molecule has 0 aromatic heterocycles. The molecule has 0 aromatic rings. The first kappa shape index (κ1) is 13.4. The Morgan fingerprint density at radius 2 is 2.38 bits per heavy atom. The number of rotatable bonds is 4. The Bertz CT molecular complexity index is 363. The number of sulfonamides is 1. The fourth-order valence-electron chi connectivity index (χ4n) is 1.61. The van der Waals surface area contributed by atoms with Gasteiger partial charge in [0.2, 0.25) is 10.0 Å². The van der Waals surface area contributed by atoms with E-state index in [0.29, 0.717) is 19.6 Å². The minimum atomic E-state index is -3.53. The van der Waals surface area contributed by atoms with Crippen molar-refractivity contribution >= 4 is 10.0 Å². The second-order valence-electron chi connectivity index (χ2n) is 3.66. The van der Waals surface area contributed by atoms with Gasteiger partial charge >= 0.3 is 0 Å². The van der Waals surface area contributed by atoms with Crippen molar-refractivity contribution in [3.05, 3.63) is 0 Å². The minimum Gasteiger partial charge on any atom is -0.374 e. The summed E-state index contributed by atoms with van der Waals surface area (Å²) in [5.41, 5.74) is 5.44. The smallest absolute Gasteiger partial charge is 0.230 e. The summed E-state index contributed by atoms with van der Waals surface area (Å²) in [7, 11) is -3.53. The molecule has 0 saturated carbocycles. The fraction of sp³-hybridized carbons (Fsp3) is 0.889. The summed E-state index contributed by atoms with van der Waals surface area (Å²) in [5, 5.41) is 7.84. The molecule has 0 aromatic carbocycles. The molecule has 0 amide bonds. The third-order valence-electron chi connectivity index (χ3n) is 2.60. The van der Waals surface area contributed by atoms with Crippen LogP contribution in [0.2, 0.25) is 0 Å². The maximum Gasteiger partial charge on any atom is 0.230 e. The summed E-state index contributed by atoms with van der Waals surface area (Å²) in [6.07, 6.45) is 0.0310. The van der Waals surface area contributed by atoms with Gasteiger partial charge in [-0.05, 0) is 6.42 Å². The molecule has 0 aliphatic carbocycles. The Labute approximate surface area is 96.0 Å². The van der Waals surface area contributed by atoms with E-state index in [9.17, 15) is 8.42 Å². The van der Waals surface area contributed by atoms with Crippen molar-refractivity contribution in [1.29, 1.82) is 5.26 Å². The molecule has 7 heteroatoms. The van der Waals surface area contributed by atoms with Crippen LogP contribution in [-0.4, -0.2) is 50.3 Å². The zero-order chi connectivity index (χ0) is 12.2. The quantitative estimate of drug-likeness (QED) is 0.707. The van der Waals surface area contributed by atoms with Crippen LogP contribution in [0.1, 0.15) is 13.3 Å². The lowest BCUT2D eigenvalue weighted by molar-refractivity contribution is 0.00435. The standard InChI is InChI=1S/C9H17N3O3S/c1-2-9(6-11)16(13,14)12-3-4-15-8(5-10)7-12/h8-9H,2-5,7,10H2,1H3. The zero-order valence-electron chi connectivity index (χ0n) is 9.30. The van der Waals surface area contributed by atoms with Crippen LogP contribution in [0.3, 0.4) is 0 Å². The molecule has 1 aliphatic heterocycles. The molecule has 16 heavy (non-hydrogen) atoms. The van der Waals surface area contributed by atoms with Gasteiger partial charge in [-0.15, -0.1) is 0 Å². The molecule has 2 atom stereocenters. The van der Waals surface area contributed by atoms with E-state index in [1.165, 1.54) is 4.31 Å². The molecule has 1 fully saturated rings. The molecule has 2 N–H and O–H groups in total. The van der Waals surface area contributed by atoms with Gasteiger partial charge in [0.25, 0.3) is 0 Å².